The third-order valence-electron chi connectivity index (χ3n) is 4.57. The first kappa shape index (κ1) is 18.1. The van der Waals surface area contributed by atoms with Crippen LogP contribution in [-0.2, 0) is 27.8 Å². The van der Waals surface area contributed by atoms with Gasteiger partial charge in [0.25, 0.3) is 0 Å². The number of primary sulfonamides is 1. The predicted octanol–water partition coefficient (Wildman–Crippen LogP) is 2.78. The van der Waals surface area contributed by atoms with Crippen molar-refractivity contribution in [3.63, 3.8) is 0 Å². The Labute approximate surface area is 156 Å². The van der Waals surface area contributed by atoms with Crippen LogP contribution in [0.2, 0.25) is 0 Å². The second kappa shape index (κ2) is 6.90. The minimum Gasteiger partial charge on any atom is -0.338 e. The van der Waals surface area contributed by atoms with Gasteiger partial charge in [0, 0.05) is 17.6 Å². The summed E-state index contributed by atoms with van der Waals surface area (Å²) in [6, 6.07) is 12.6. The first-order valence-corrected chi connectivity index (χ1v) is 10.3. The van der Waals surface area contributed by atoms with Gasteiger partial charge in [-0.25, -0.2) is 13.6 Å². The summed E-state index contributed by atoms with van der Waals surface area (Å²) in [6.07, 6.45) is 0.707. The van der Waals surface area contributed by atoms with Crippen molar-refractivity contribution < 1.29 is 13.2 Å². The molecule has 2 N–H and O–H groups in total. The van der Waals surface area contributed by atoms with Gasteiger partial charge in [0.2, 0.25) is 15.9 Å². The Morgan fingerprint density at radius 2 is 1.84 bits per heavy atom. The normalized spacial score (nSPS) is 15.6. The second-order valence-electron chi connectivity index (χ2n) is 6.26. The molecule has 5 nitrogen and oxygen atoms in total. The third kappa shape index (κ3) is 3.94. The van der Waals surface area contributed by atoms with E-state index in [4.69, 9.17) is 5.14 Å². The molecule has 0 spiro atoms. The van der Waals surface area contributed by atoms with E-state index >= 15 is 0 Å². The smallest absolute Gasteiger partial charge is 0.238 e. The van der Waals surface area contributed by atoms with Crippen molar-refractivity contribution in [3.8, 4) is 0 Å². The van der Waals surface area contributed by atoms with Crippen molar-refractivity contribution in [3.05, 3.63) is 63.6 Å². The van der Waals surface area contributed by atoms with E-state index in [9.17, 15) is 13.2 Å². The molecular weight excluding hydrogens is 404 g/mol. The Kier molecular flexibility index (Phi) is 4.99. The highest BCUT2D eigenvalue weighted by atomic mass is 79.9. The van der Waals surface area contributed by atoms with Gasteiger partial charge in [-0.15, -0.1) is 0 Å². The molecule has 2 aromatic rings. The Balaban J connectivity index is 1.81. The highest BCUT2D eigenvalue weighted by Crippen LogP contribution is 2.26. The maximum Gasteiger partial charge on any atom is 0.238 e. The number of rotatable bonds is 3. The average Bonchev–Trinajstić information content (AvgIpc) is 2.59. The Bertz CT molecular complexity index is 910. The topological polar surface area (TPSA) is 80.5 Å². The van der Waals surface area contributed by atoms with E-state index in [1.165, 1.54) is 6.07 Å². The molecule has 1 aliphatic rings. The first-order chi connectivity index (χ1) is 11.8. The molecule has 7 heteroatoms. The van der Waals surface area contributed by atoms with E-state index in [2.05, 4.69) is 15.9 Å². The summed E-state index contributed by atoms with van der Waals surface area (Å²) in [5.41, 5.74) is 2.86. The SMILES string of the molecule is CC(C(=O)N1CCc2ccc(S(N)(=O)=O)cc2C1)c1ccc(Br)cc1. The van der Waals surface area contributed by atoms with Crippen LogP contribution in [0.25, 0.3) is 0 Å². The quantitative estimate of drug-likeness (QED) is 0.825. The lowest BCUT2D eigenvalue weighted by Crippen LogP contribution is -2.38. The fourth-order valence-electron chi connectivity index (χ4n) is 3.07. The number of nitrogens with zero attached hydrogens (tertiary/aromatic N) is 1. The standard InChI is InChI=1S/C18H19BrN2O3S/c1-12(13-2-5-16(19)6-3-13)18(22)21-9-8-14-4-7-17(25(20,23)24)10-15(14)11-21/h2-7,10,12H,8-9,11H2,1H3,(H2,20,23,24). The molecule has 132 valence electrons. The van der Waals surface area contributed by atoms with E-state index in [-0.39, 0.29) is 16.7 Å². The fraction of sp³-hybridized carbons (Fsp3) is 0.278. The van der Waals surface area contributed by atoms with Gasteiger partial charge in [-0.1, -0.05) is 34.1 Å². The Morgan fingerprint density at radius 3 is 2.48 bits per heavy atom. The van der Waals surface area contributed by atoms with Crippen molar-refractivity contribution in [2.75, 3.05) is 6.54 Å². The molecule has 0 saturated heterocycles. The van der Waals surface area contributed by atoms with Crippen LogP contribution in [0.15, 0.2) is 51.8 Å². The van der Waals surface area contributed by atoms with E-state index < -0.39 is 10.0 Å². The molecule has 1 heterocycles. The summed E-state index contributed by atoms with van der Waals surface area (Å²) in [5.74, 6) is -0.218. The molecule has 0 aromatic heterocycles. The van der Waals surface area contributed by atoms with Gasteiger partial charge in [0.1, 0.15) is 0 Å². The van der Waals surface area contributed by atoms with Crippen LogP contribution < -0.4 is 5.14 Å². The highest BCUT2D eigenvalue weighted by molar-refractivity contribution is 9.10. The average molecular weight is 423 g/mol. The van der Waals surface area contributed by atoms with Crippen LogP contribution in [0.1, 0.15) is 29.5 Å². The summed E-state index contributed by atoms with van der Waals surface area (Å²) in [5, 5.41) is 5.21. The predicted molar refractivity (Wildman–Crippen MR) is 99.5 cm³/mol. The van der Waals surface area contributed by atoms with Crippen LogP contribution in [0.3, 0.4) is 0 Å². The minimum absolute atomic E-state index is 0.0361. The van der Waals surface area contributed by atoms with Crippen LogP contribution in [0, 0.1) is 0 Å². The maximum atomic E-state index is 12.8. The number of hydrogen-bond acceptors (Lipinski definition) is 3. The lowest BCUT2D eigenvalue weighted by Gasteiger charge is -2.31. The van der Waals surface area contributed by atoms with Crippen LogP contribution >= 0.6 is 15.9 Å². The molecular formula is C18H19BrN2O3S. The molecule has 0 saturated carbocycles. The molecule has 0 bridgehead atoms. The summed E-state index contributed by atoms with van der Waals surface area (Å²) < 4.78 is 24.1. The van der Waals surface area contributed by atoms with Crippen LogP contribution in [0.5, 0.6) is 0 Å². The number of carbonyl (C=O) groups excluding carboxylic acids is 1. The van der Waals surface area contributed by atoms with Gasteiger partial charge in [0.15, 0.2) is 0 Å². The second-order valence-corrected chi connectivity index (χ2v) is 8.74. The van der Waals surface area contributed by atoms with Crippen molar-refractivity contribution in [1.29, 1.82) is 0 Å². The highest BCUT2D eigenvalue weighted by Gasteiger charge is 2.26. The molecule has 2 aromatic carbocycles. The first-order valence-electron chi connectivity index (χ1n) is 7.94. The van der Waals surface area contributed by atoms with Gasteiger partial charge in [-0.3, -0.25) is 4.79 Å². The van der Waals surface area contributed by atoms with Crippen LogP contribution in [-0.4, -0.2) is 25.8 Å². The zero-order chi connectivity index (χ0) is 18.2. The molecule has 1 amide bonds. The van der Waals surface area contributed by atoms with Crippen molar-refractivity contribution in [2.24, 2.45) is 5.14 Å². The van der Waals surface area contributed by atoms with E-state index in [0.717, 1.165) is 21.2 Å². The number of halogens is 1. The lowest BCUT2D eigenvalue weighted by molar-refractivity contribution is -0.133. The van der Waals surface area contributed by atoms with E-state index in [1.807, 2.05) is 31.2 Å². The maximum absolute atomic E-state index is 12.8. The van der Waals surface area contributed by atoms with Crippen LogP contribution in [0.4, 0.5) is 0 Å². The van der Waals surface area contributed by atoms with Gasteiger partial charge >= 0.3 is 0 Å². The molecule has 1 unspecified atom stereocenters. The number of hydrogen-bond donors (Lipinski definition) is 1. The Hall–Kier alpha value is -1.70. The summed E-state index contributed by atoms with van der Waals surface area (Å²) in [4.78, 5) is 14.7. The largest absolute Gasteiger partial charge is 0.338 e. The van der Waals surface area contributed by atoms with Gasteiger partial charge in [-0.05, 0) is 54.3 Å². The number of benzene rings is 2. The molecule has 0 aliphatic carbocycles. The number of amides is 1. The van der Waals surface area contributed by atoms with E-state index in [0.29, 0.717) is 19.5 Å². The van der Waals surface area contributed by atoms with Crippen molar-refractivity contribution in [1.82, 2.24) is 4.90 Å². The number of sulfonamides is 1. The van der Waals surface area contributed by atoms with Crippen molar-refractivity contribution in [2.45, 2.75) is 30.7 Å². The van der Waals surface area contributed by atoms with Gasteiger partial charge in [-0.2, -0.15) is 0 Å². The summed E-state index contributed by atoms with van der Waals surface area (Å²) in [7, 11) is -3.75. The molecule has 0 fully saturated rings. The molecule has 0 radical (unpaired) electrons. The van der Waals surface area contributed by atoms with Gasteiger partial charge < -0.3 is 4.90 Å². The number of fused-ring (bicyclic) bond motifs is 1. The summed E-state index contributed by atoms with van der Waals surface area (Å²) in [6.45, 7) is 2.92. The molecule has 1 aliphatic heterocycles. The zero-order valence-corrected chi connectivity index (χ0v) is 16.2. The zero-order valence-electron chi connectivity index (χ0n) is 13.8. The molecule has 25 heavy (non-hydrogen) atoms. The lowest BCUT2D eigenvalue weighted by atomic mass is 9.96. The monoisotopic (exact) mass is 422 g/mol. The minimum atomic E-state index is -3.75. The van der Waals surface area contributed by atoms with Gasteiger partial charge in [0.05, 0.1) is 10.8 Å². The molecule has 1 atom stereocenters. The van der Waals surface area contributed by atoms with Crippen molar-refractivity contribution >= 4 is 31.9 Å². The fourth-order valence-corrected chi connectivity index (χ4v) is 3.90. The Morgan fingerprint density at radius 1 is 1.16 bits per heavy atom. The number of nitrogens with two attached hydrogens (primary N) is 1. The number of carbonyl (C=O) groups is 1. The van der Waals surface area contributed by atoms with E-state index in [1.54, 1.807) is 17.0 Å². The molecule has 3 rings (SSSR count). The third-order valence-corrected chi connectivity index (χ3v) is 6.01. The summed E-state index contributed by atoms with van der Waals surface area (Å²) >= 11 is 3.39.